The van der Waals surface area contributed by atoms with Crippen LogP contribution in [0.5, 0.6) is 0 Å². The summed E-state index contributed by atoms with van der Waals surface area (Å²) in [5, 5.41) is 1.39. The SMILES string of the molecule is Nc1ccc2c(Sc3nc(N)cc(=O)[nH]3)ccnc2c1. The largest absolute Gasteiger partial charge is 0.399 e. The molecular weight excluding hydrogens is 274 g/mol. The molecule has 0 fully saturated rings. The van der Waals surface area contributed by atoms with Crippen molar-refractivity contribution in [2.24, 2.45) is 0 Å². The fourth-order valence-electron chi connectivity index (χ4n) is 1.83. The predicted molar refractivity (Wildman–Crippen MR) is 79.5 cm³/mol. The molecule has 3 aromatic rings. The molecular formula is C13H11N5OS. The van der Waals surface area contributed by atoms with Crippen molar-refractivity contribution in [1.29, 1.82) is 0 Å². The molecule has 0 spiro atoms. The number of nitrogens with one attached hydrogen (secondary N) is 1. The summed E-state index contributed by atoms with van der Waals surface area (Å²) in [5.74, 6) is 0.193. The minimum Gasteiger partial charge on any atom is -0.399 e. The van der Waals surface area contributed by atoms with Crippen molar-refractivity contribution in [3.05, 3.63) is 46.9 Å². The number of aromatic nitrogens is 3. The summed E-state index contributed by atoms with van der Waals surface area (Å²) in [7, 11) is 0. The Labute approximate surface area is 118 Å². The first-order chi connectivity index (χ1) is 9.61. The topological polar surface area (TPSA) is 111 Å². The molecule has 0 saturated carbocycles. The summed E-state index contributed by atoms with van der Waals surface area (Å²) in [6, 6.07) is 8.60. The Morgan fingerprint density at radius 2 is 2.00 bits per heavy atom. The van der Waals surface area contributed by atoms with Crippen LogP contribution in [0, 0.1) is 0 Å². The van der Waals surface area contributed by atoms with Crippen LogP contribution in [0.1, 0.15) is 0 Å². The van der Waals surface area contributed by atoms with Gasteiger partial charge in [-0.3, -0.25) is 9.78 Å². The Hall–Kier alpha value is -2.54. The minimum atomic E-state index is -0.275. The number of nitrogens with two attached hydrogens (primary N) is 2. The maximum absolute atomic E-state index is 11.4. The van der Waals surface area contributed by atoms with Gasteiger partial charge in [0.05, 0.1) is 5.52 Å². The van der Waals surface area contributed by atoms with Crippen molar-refractivity contribution in [2.45, 2.75) is 10.1 Å². The van der Waals surface area contributed by atoms with Crippen LogP contribution >= 0.6 is 11.8 Å². The summed E-state index contributed by atoms with van der Waals surface area (Å²) < 4.78 is 0. The lowest BCUT2D eigenvalue weighted by Crippen LogP contribution is -2.09. The highest BCUT2D eigenvalue weighted by molar-refractivity contribution is 7.99. The average Bonchev–Trinajstić information content (AvgIpc) is 2.37. The molecule has 5 N–H and O–H groups in total. The molecule has 0 unspecified atom stereocenters. The third-order valence-electron chi connectivity index (χ3n) is 2.67. The van der Waals surface area contributed by atoms with Crippen LogP contribution in [0.2, 0.25) is 0 Å². The van der Waals surface area contributed by atoms with Gasteiger partial charge in [0.15, 0.2) is 5.16 Å². The average molecular weight is 285 g/mol. The summed E-state index contributed by atoms with van der Waals surface area (Å²) >= 11 is 1.32. The quantitative estimate of drug-likeness (QED) is 0.487. The highest BCUT2D eigenvalue weighted by atomic mass is 32.2. The van der Waals surface area contributed by atoms with Gasteiger partial charge in [-0.05, 0) is 24.3 Å². The molecule has 0 aliphatic carbocycles. The third-order valence-corrected chi connectivity index (χ3v) is 3.64. The van der Waals surface area contributed by atoms with E-state index in [2.05, 4.69) is 15.0 Å². The van der Waals surface area contributed by atoms with Gasteiger partial charge in [0.25, 0.3) is 5.56 Å². The van der Waals surface area contributed by atoms with Crippen LogP contribution in [0.15, 0.2) is 51.4 Å². The number of fused-ring (bicyclic) bond motifs is 1. The molecule has 1 aromatic carbocycles. The third kappa shape index (κ3) is 2.43. The molecule has 0 bridgehead atoms. The molecule has 0 saturated heterocycles. The molecule has 0 radical (unpaired) electrons. The number of hydrogen-bond acceptors (Lipinski definition) is 6. The molecule has 0 atom stereocenters. The summed E-state index contributed by atoms with van der Waals surface area (Å²) in [4.78, 5) is 23.3. The van der Waals surface area contributed by atoms with Crippen LogP contribution in [-0.4, -0.2) is 15.0 Å². The zero-order valence-corrected chi connectivity index (χ0v) is 11.1. The van der Waals surface area contributed by atoms with Crippen molar-refractivity contribution in [3.63, 3.8) is 0 Å². The van der Waals surface area contributed by atoms with Crippen LogP contribution in [0.25, 0.3) is 10.9 Å². The highest BCUT2D eigenvalue weighted by Gasteiger charge is 2.07. The van der Waals surface area contributed by atoms with Crippen LogP contribution in [-0.2, 0) is 0 Å². The summed E-state index contributed by atoms with van der Waals surface area (Å²) in [6.45, 7) is 0. The van der Waals surface area contributed by atoms with Gasteiger partial charge in [-0.15, -0.1) is 0 Å². The van der Waals surface area contributed by atoms with Crippen molar-refractivity contribution in [3.8, 4) is 0 Å². The number of pyridine rings is 1. The molecule has 0 aliphatic heterocycles. The van der Waals surface area contributed by atoms with E-state index in [-0.39, 0.29) is 11.4 Å². The molecule has 20 heavy (non-hydrogen) atoms. The summed E-state index contributed by atoms with van der Waals surface area (Å²) in [5.41, 5.74) is 12.5. The zero-order valence-electron chi connectivity index (χ0n) is 10.3. The van der Waals surface area contributed by atoms with Crippen LogP contribution < -0.4 is 17.0 Å². The van der Waals surface area contributed by atoms with Crippen molar-refractivity contribution in [1.82, 2.24) is 15.0 Å². The smallest absolute Gasteiger partial charge is 0.253 e. The maximum Gasteiger partial charge on any atom is 0.253 e. The second kappa shape index (κ2) is 4.86. The minimum absolute atomic E-state index is 0.193. The molecule has 7 heteroatoms. The number of nitrogens with zero attached hydrogens (tertiary/aromatic N) is 2. The molecule has 100 valence electrons. The van der Waals surface area contributed by atoms with Gasteiger partial charge >= 0.3 is 0 Å². The van der Waals surface area contributed by atoms with E-state index in [0.29, 0.717) is 10.8 Å². The first kappa shape index (κ1) is 12.5. The van der Waals surface area contributed by atoms with Gasteiger partial charge in [0, 0.05) is 28.2 Å². The van der Waals surface area contributed by atoms with Crippen molar-refractivity contribution < 1.29 is 0 Å². The lowest BCUT2D eigenvalue weighted by molar-refractivity contribution is 0.946. The van der Waals surface area contributed by atoms with E-state index in [0.717, 1.165) is 15.8 Å². The Kier molecular flexibility index (Phi) is 3.03. The number of H-pyrrole nitrogens is 1. The van der Waals surface area contributed by atoms with Gasteiger partial charge in [-0.2, -0.15) is 0 Å². The fourth-order valence-corrected chi connectivity index (χ4v) is 2.76. The van der Waals surface area contributed by atoms with E-state index in [1.807, 2.05) is 18.2 Å². The Balaban J connectivity index is 2.08. The molecule has 0 aliphatic rings. The van der Waals surface area contributed by atoms with E-state index in [4.69, 9.17) is 11.5 Å². The number of hydrogen-bond donors (Lipinski definition) is 3. The Morgan fingerprint density at radius 3 is 2.80 bits per heavy atom. The first-order valence-corrected chi connectivity index (χ1v) is 6.62. The number of rotatable bonds is 2. The van der Waals surface area contributed by atoms with Gasteiger partial charge in [0.1, 0.15) is 5.82 Å². The molecule has 2 heterocycles. The Bertz CT molecular complexity index is 846. The molecule has 3 rings (SSSR count). The number of nitrogen functional groups attached to an aromatic ring is 2. The molecule has 6 nitrogen and oxygen atoms in total. The van der Waals surface area contributed by atoms with Gasteiger partial charge < -0.3 is 16.5 Å². The number of aromatic amines is 1. The maximum atomic E-state index is 11.4. The van der Waals surface area contributed by atoms with Gasteiger partial charge in [-0.1, -0.05) is 11.8 Å². The van der Waals surface area contributed by atoms with E-state index < -0.39 is 0 Å². The number of anilines is 2. The molecule has 0 amide bonds. The van der Waals surface area contributed by atoms with E-state index in [1.54, 1.807) is 12.3 Å². The molecule has 2 aromatic heterocycles. The van der Waals surface area contributed by atoms with E-state index >= 15 is 0 Å². The van der Waals surface area contributed by atoms with Gasteiger partial charge in [-0.25, -0.2) is 4.98 Å². The second-order valence-corrected chi connectivity index (χ2v) is 5.19. The first-order valence-electron chi connectivity index (χ1n) is 5.81. The second-order valence-electron chi connectivity index (χ2n) is 4.16. The van der Waals surface area contributed by atoms with Crippen LogP contribution in [0.4, 0.5) is 11.5 Å². The zero-order chi connectivity index (χ0) is 14.1. The van der Waals surface area contributed by atoms with Gasteiger partial charge in [0.2, 0.25) is 0 Å². The standard InChI is InChI=1S/C13H11N5OS/c14-7-1-2-8-9(5-7)16-4-3-10(8)20-13-17-11(15)6-12(19)18-13/h1-6H,14H2,(H3,15,17,18,19). The number of benzene rings is 1. The predicted octanol–water partition coefficient (Wildman–Crippen LogP) is 1.63. The monoisotopic (exact) mass is 285 g/mol. The van der Waals surface area contributed by atoms with Crippen molar-refractivity contribution in [2.75, 3.05) is 11.5 Å². The normalized spacial score (nSPS) is 10.8. The van der Waals surface area contributed by atoms with E-state index in [1.165, 1.54) is 17.8 Å². The fraction of sp³-hybridized carbons (Fsp3) is 0. The van der Waals surface area contributed by atoms with E-state index in [9.17, 15) is 4.79 Å². The summed E-state index contributed by atoms with van der Waals surface area (Å²) in [6.07, 6.45) is 1.69. The van der Waals surface area contributed by atoms with Crippen LogP contribution in [0.3, 0.4) is 0 Å². The lowest BCUT2D eigenvalue weighted by Gasteiger charge is -2.06. The highest BCUT2D eigenvalue weighted by Crippen LogP contribution is 2.31. The lowest BCUT2D eigenvalue weighted by atomic mass is 10.2. The van der Waals surface area contributed by atoms with Crippen molar-refractivity contribution >= 4 is 34.2 Å². The Morgan fingerprint density at radius 1 is 1.15 bits per heavy atom.